The lowest BCUT2D eigenvalue weighted by molar-refractivity contribution is 0.0860. The van der Waals surface area contributed by atoms with E-state index in [9.17, 15) is 5.11 Å². The minimum Gasteiger partial charge on any atom is -0.507 e. The number of imidazole rings is 1. The van der Waals surface area contributed by atoms with Crippen LogP contribution in [0.3, 0.4) is 0 Å². The van der Waals surface area contributed by atoms with E-state index in [0.29, 0.717) is 22.7 Å². The molecular formula is C24H28FN5O. The van der Waals surface area contributed by atoms with Crippen LogP contribution in [0.25, 0.3) is 22.5 Å². The Morgan fingerprint density at radius 1 is 1.32 bits per heavy atom. The third kappa shape index (κ3) is 4.09. The number of hydrogen-bond donors (Lipinski definition) is 1. The summed E-state index contributed by atoms with van der Waals surface area (Å²) in [6.45, 7) is 8.22. The molecule has 0 aliphatic heterocycles. The van der Waals surface area contributed by atoms with Gasteiger partial charge in [-0.3, -0.25) is 0 Å². The Bertz CT molecular complexity index is 1050. The summed E-state index contributed by atoms with van der Waals surface area (Å²) in [6, 6.07) is 5.26. The third-order valence-electron chi connectivity index (χ3n) is 6.70. The summed E-state index contributed by atoms with van der Waals surface area (Å²) in [6.07, 6.45) is 10.1. The minimum absolute atomic E-state index is 0.0696. The quantitative estimate of drug-likeness (QED) is 0.559. The van der Waals surface area contributed by atoms with Crippen LogP contribution < -0.4 is 0 Å². The van der Waals surface area contributed by atoms with Crippen molar-refractivity contribution in [1.29, 1.82) is 0 Å². The van der Waals surface area contributed by atoms with Gasteiger partial charge in [-0.15, -0.1) is 10.2 Å². The van der Waals surface area contributed by atoms with Crippen molar-refractivity contribution in [2.24, 2.45) is 11.3 Å². The van der Waals surface area contributed by atoms with Crippen molar-refractivity contribution in [1.82, 2.24) is 24.7 Å². The van der Waals surface area contributed by atoms with Crippen LogP contribution in [0.1, 0.15) is 51.8 Å². The molecule has 2 heterocycles. The molecule has 4 rings (SSSR count). The van der Waals surface area contributed by atoms with Gasteiger partial charge >= 0.3 is 0 Å². The Kier molecular flexibility index (Phi) is 5.85. The zero-order chi connectivity index (χ0) is 22.0. The van der Waals surface area contributed by atoms with E-state index in [1.807, 2.05) is 13.0 Å². The molecule has 0 amide bonds. The number of halogens is 1. The summed E-state index contributed by atoms with van der Waals surface area (Å²) in [7, 11) is 0. The fourth-order valence-corrected chi connectivity index (χ4v) is 4.41. The SMILES string of the molecule is C=C(c1ncc(-c2ccc(-n3ccnc3)cc2O)nn1)[C@@H]1CCCC[C@](C)(CC)[C@H]1F. The summed E-state index contributed by atoms with van der Waals surface area (Å²) < 4.78 is 17.3. The molecule has 1 aromatic carbocycles. The highest BCUT2D eigenvalue weighted by Crippen LogP contribution is 2.45. The number of nitrogens with zero attached hydrogens (tertiary/aromatic N) is 5. The molecule has 3 aromatic rings. The largest absolute Gasteiger partial charge is 0.507 e. The minimum atomic E-state index is -0.976. The van der Waals surface area contributed by atoms with Gasteiger partial charge in [0.2, 0.25) is 0 Å². The number of aromatic hydroxyl groups is 1. The molecule has 0 spiro atoms. The molecule has 31 heavy (non-hydrogen) atoms. The van der Waals surface area contributed by atoms with E-state index >= 15 is 4.39 Å². The summed E-state index contributed by atoms with van der Waals surface area (Å²) in [5, 5.41) is 19.0. The maximum Gasteiger partial charge on any atom is 0.177 e. The second kappa shape index (κ2) is 8.57. The van der Waals surface area contributed by atoms with Gasteiger partial charge in [0.15, 0.2) is 5.82 Å². The fraction of sp³-hybridized carbons (Fsp3) is 0.417. The molecule has 1 aliphatic rings. The van der Waals surface area contributed by atoms with Gasteiger partial charge in [0.25, 0.3) is 0 Å². The van der Waals surface area contributed by atoms with Crippen molar-refractivity contribution in [3.63, 3.8) is 0 Å². The summed E-state index contributed by atoms with van der Waals surface area (Å²) in [4.78, 5) is 8.43. The van der Waals surface area contributed by atoms with Crippen LogP contribution in [-0.4, -0.2) is 36.0 Å². The number of alkyl halides is 1. The van der Waals surface area contributed by atoms with Crippen LogP contribution in [-0.2, 0) is 0 Å². The average Bonchev–Trinajstić information content (AvgIpc) is 3.28. The maximum absolute atomic E-state index is 15.5. The number of rotatable bonds is 5. The van der Waals surface area contributed by atoms with Gasteiger partial charge in [-0.1, -0.05) is 33.3 Å². The van der Waals surface area contributed by atoms with Crippen LogP contribution >= 0.6 is 0 Å². The van der Waals surface area contributed by atoms with Crippen LogP contribution in [0, 0.1) is 11.3 Å². The van der Waals surface area contributed by atoms with E-state index in [2.05, 4.69) is 33.7 Å². The fourth-order valence-electron chi connectivity index (χ4n) is 4.41. The number of phenolic OH excluding ortho intramolecular Hbond substituents is 1. The standard InChI is InChI=1S/C24H28FN5O/c1-4-24(3)10-6-5-7-18(22(24)25)16(2)23-27-14-20(28-29-23)19-9-8-17(13-21(19)31)30-12-11-26-15-30/h8-9,11-15,18,22,31H,2,4-7,10H2,1,3H3/t18-,22-,24-/m0/s1. The van der Waals surface area contributed by atoms with Gasteiger partial charge in [-0.25, -0.2) is 14.4 Å². The van der Waals surface area contributed by atoms with Crippen LogP contribution in [0.4, 0.5) is 4.39 Å². The summed E-state index contributed by atoms with van der Waals surface area (Å²) in [5.41, 5.74) is 2.01. The van der Waals surface area contributed by atoms with E-state index in [0.717, 1.165) is 37.8 Å². The lowest BCUT2D eigenvalue weighted by atomic mass is 9.73. The highest BCUT2D eigenvalue weighted by Gasteiger charge is 2.41. The van der Waals surface area contributed by atoms with Crippen molar-refractivity contribution in [3.8, 4) is 22.7 Å². The Morgan fingerprint density at radius 2 is 2.16 bits per heavy atom. The molecule has 0 bridgehead atoms. The van der Waals surface area contributed by atoms with E-state index in [-0.39, 0.29) is 17.1 Å². The molecule has 1 saturated carbocycles. The predicted octanol–water partition coefficient (Wildman–Crippen LogP) is 5.39. The highest BCUT2D eigenvalue weighted by molar-refractivity contribution is 5.68. The first kappa shape index (κ1) is 21.2. The first-order valence-electron chi connectivity index (χ1n) is 10.8. The zero-order valence-electron chi connectivity index (χ0n) is 18.0. The van der Waals surface area contributed by atoms with Gasteiger partial charge in [0.1, 0.15) is 17.6 Å². The second-order valence-electron chi connectivity index (χ2n) is 8.63. The smallest absolute Gasteiger partial charge is 0.177 e. The molecule has 0 radical (unpaired) electrons. The van der Waals surface area contributed by atoms with E-state index in [1.54, 1.807) is 41.6 Å². The average molecular weight is 422 g/mol. The number of benzene rings is 1. The van der Waals surface area contributed by atoms with Gasteiger partial charge < -0.3 is 9.67 Å². The first-order valence-corrected chi connectivity index (χ1v) is 10.8. The lowest BCUT2D eigenvalue weighted by Gasteiger charge is -2.34. The van der Waals surface area contributed by atoms with Gasteiger partial charge in [0.05, 0.1) is 18.2 Å². The van der Waals surface area contributed by atoms with Crippen LogP contribution in [0.2, 0.25) is 0 Å². The van der Waals surface area contributed by atoms with Crippen LogP contribution in [0.5, 0.6) is 5.75 Å². The number of aromatic nitrogens is 5. The van der Waals surface area contributed by atoms with Crippen LogP contribution in [0.15, 0.2) is 49.7 Å². The van der Waals surface area contributed by atoms with Gasteiger partial charge in [0, 0.05) is 29.9 Å². The second-order valence-corrected chi connectivity index (χ2v) is 8.63. The van der Waals surface area contributed by atoms with E-state index in [1.165, 1.54) is 0 Å². The van der Waals surface area contributed by atoms with Crippen molar-refractivity contribution in [2.75, 3.05) is 0 Å². The molecule has 162 valence electrons. The van der Waals surface area contributed by atoms with E-state index in [4.69, 9.17) is 0 Å². The van der Waals surface area contributed by atoms with Crippen molar-refractivity contribution >= 4 is 5.57 Å². The van der Waals surface area contributed by atoms with E-state index < -0.39 is 6.17 Å². The maximum atomic E-state index is 15.5. The van der Waals surface area contributed by atoms with Crippen molar-refractivity contribution < 1.29 is 9.50 Å². The van der Waals surface area contributed by atoms with Gasteiger partial charge in [-0.05, 0) is 42.4 Å². The molecule has 7 heteroatoms. The van der Waals surface area contributed by atoms with Crippen molar-refractivity contribution in [2.45, 2.75) is 52.1 Å². The Hall–Kier alpha value is -3.09. The first-order chi connectivity index (χ1) is 14.9. The monoisotopic (exact) mass is 421 g/mol. The van der Waals surface area contributed by atoms with Gasteiger partial charge in [-0.2, -0.15) is 0 Å². The third-order valence-corrected chi connectivity index (χ3v) is 6.70. The summed E-state index contributed by atoms with van der Waals surface area (Å²) in [5.74, 6) is 0.134. The number of phenols is 1. The molecule has 1 aliphatic carbocycles. The molecule has 1 fully saturated rings. The number of hydrogen-bond acceptors (Lipinski definition) is 5. The molecule has 6 nitrogen and oxygen atoms in total. The predicted molar refractivity (Wildman–Crippen MR) is 118 cm³/mol. The van der Waals surface area contributed by atoms with Crippen molar-refractivity contribution in [3.05, 3.63) is 55.5 Å². The molecule has 3 atom stereocenters. The molecule has 0 unspecified atom stereocenters. The normalized spacial score (nSPS) is 24.0. The molecule has 1 N–H and O–H groups in total. The highest BCUT2D eigenvalue weighted by atomic mass is 19.1. The Labute approximate surface area is 181 Å². The summed E-state index contributed by atoms with van der Waals surface area (Å²) >= 11 is 0. The Morgan fingerprint density at radius 3 is 2.81 bits per heavy atom. The number of allylic oxidation sites excluding steroid dienone is 1. The zero-order valence-corrected chi connectivity index (χ0v) is 18.0. The molecule has 2 aromatic heterocycles. The lowest BCUT2D eigenvalue weighted by Crippen LogP contribution is -2.33. The topological polar surface area (TPSA) is 76.7 Å². The molecule has 0 saturated heterocycles. The Balaban J connectivity index is 1.56. The molecular weight excluding hydrogens is 393 g/mol.